The van der Waals surface area contributed by atoms with Gasteiger partial charge in [0.15, 0.2) is 0 Å². The van der Waals surface area contributed by atoms with Gasteiger partial charge in [-0.15, -0.1) is 0 Å². The molecule has 1 saturated heterocycles. The number of hydrogen-bond acceptors (Lipinski definition) is 4. The lowest BCUT2D eigenvalue weighted by Crippen LogP contribution is -2.53. The van der Waals surface area contributed by atoms with E-state index in [9.17, 15) is 4.79 Å². The molecule has 5 nitrogen and oxygen atoms in total. The van der Waals surface area contributed by atoms with Crippen molar-refractivity contribution in [1.82, 2.24) is 15.1 Å². The van der Waals surface area contributed by atoms with Crippen molar-refractivity contribution < 1.29 is 9.90 Å². The van der Waals surface area contributed by atoms with Crippen molar-refractivity contribution >= 4 is 5.91 Å². The SMILES string of the molecule is CC(C(=O)N(C)CCCCCO)N1CCNCC1. The number of aliphatic hydroxyl groups excluding tert-OH is 1. The summed E-state index contributed by atoms with van der Waals surface area (Å²) < 4.78 is 0. The smallest absolute Gasteiger partial charge is 0.239 e. The van der Waals surface area contributed by atoms with Gasteiger partial charge in [-0.05, 0) is 26.2 Å². The Labute approximate surface area is 110 Å². The van der Waals surface area contributed by atoms with Crippen LogP contribution in [0.15, 0.2) is 0 Å². The topological polar surface area (TPSA) is 55.8 Å². The maximum atomic E-state index is 12.2. The van der Waals surface area contributed by atoms with Crippen LogP contribution in [0, 0.1) is 0 Å². The highest BCUT2D eigenvalue weighted by atomic mass is 16.2. The Morgan fingerprint density at radius 2 is 2.00 bits per heavy atom. The number of hydrogen-bond donors (Lipinski definition) is 2. The number of unbranched alkanes of at least 4 members (excludes halogenated alkanes) is 2. The van der Waals surface area contributed by atoms with Crippen LogP contribution in [0.5, 0.6) is 0 Å². The van der Waals surface area contributed by atoms with E-state index in [4.69, 9.17) is 5.11 Å². The third-order valence-corrected chi connectivity index (χ3v) is 3.58. The fourth-order valence-corrected chi connectivity index (χ4v) is 2.29. The summed E-state index contributed by atoms with van der Waals surface area (Å²) in [7, 11) is 1.87. The first-order valence-electron chi connectivity index (χ1n) is 6.97. The molecule has 106 valence electrons. The van der Waals surface area contributed by atoms with Gasteiger partial charge in [-0.1, -0.05) is 0 Å². The van der Waals surface area contributed by atoms with Crippen molar-refractivity contribution in [1.29, 1.82) is 0 Å². The van der Waals surface area contributed by atoms with Gasteiger partial charge >= 0.3 is 0 Å². The molecule has 1 atom stereocenters. The summed E-state index contributed by atoms with van der Waals surface area (Å²) >= 11 is 0. The molecule has 18 heavy (non-hydrogen) atoms. The molecule has 0 spiro atoms. The van der Waals surface area contributed by atoms with Crippen molar-refractivity contribution in [2.75, 3.05) is 46.4 Å². The van der Waals surface area contributed by atoms with Crippen LogP contribution >= 0.6 is 0 Å². The lowest BCUT2D eigenvalue weighted by Gasteiger charge is -2.34. The van der Waals surface area contributed by atoms with Gasteiger partial charge in [-0.25, -0.2) is 0 Å². The minimum atomic E-state index is -0.0186. The van der Waals surface area contributed by atoms with Gasteiger partial charge < -0.3 is 15.3 Å². The summed E-state index contributed by atoms with van der Waals surface area (Å²) in [6.07, 6.45) is 2.78. The third-order valence-electron chi connectivity index (χ3n) is 3.58. The Balaban J connectivity index is 2.27. The monoisotopic (exact) mass is 257 g/mol. The van der Waals surface area contributed by atoms with Crippen LogP contribution in [0.1, 0.15) is 26.2 Å². The molecule has 0 saturated carbocycles. The zero-order valence-electron chi connectivity index (χ0n) is 11.7. The van der Waals surface area contributed by atoms with E-state index in [-0.39, 0.29) is 18.6 Å². The van der Waals surface area contributed by atoms with Crippen LogP contribution in [-0.4, -0.2) is 73.2 Å². The van der Waals surface area contributed by atoms with Crippen LogP contribution < -0.4 is 5.32 Å². The van der Waals surface area contributed by atoms with Crippen molar-refractivity contribution in [2.24, 2.45) is 0 Å². The van der Waals surface area contributed by atoms with E-state index in [2.05, 4.69) is 10.2 Å². The first-order valence-corrected chi connectivity index (χ1v) is 6.97. The molecule has 0 aromatic rings. The Hall–Kier alpha value is -0.650. The summed E-state index contributed by atoms with van der Waals surface area (Å²) in [5.74, 6) is 0.209. The lowest BCUT2D eigenvalue weighted by molar-refractivity contribution is -0.135. The van der Waals surface area contributed by atoms with E-state index >= 15 is 0 Å². The molecule has 1 aliphatic rings. The summed E-state index contributed by atoms with van der Waals surface area (Å²) in [5.41, 5.74) is 0. The molecule has 1 rings (SSSR count). The van der Waals surface area contributed by atoms with Crippen LogP contribution in [0.3, 0.4) is 0 Å². The molecule has 2 N–H and O–H groups in total. The zero-order chi connectivity index (χ0) is 13.4. The number of nitrogens with zero attached hydrogens (tertiary/aromatic N) is 2. The highest BCUT2D eigenvalue weighted by Crippen LogP contribution is 2.06. The Morgan fingerprint density at radius 1 is 1.33 bits per heavy atom. The number of carbonyl (C=O) groups is 1. The predicted molar refractivity (Wildman–Crippen MR) is 72.5 cm³/mol. The van der Waals surface area contributed by atoms with Gasteiger partial charge in [0, 0.05) is 46.4 Å². The largest absolute Gasteiger partial charge is 0.396 e. The second-order valence-corrected chi connectivity index (χ2v) is 5.01. The summed E-state index contributed by atoms with van der Waals surface area (Å²) in [4.78, 5) is 16.3. The molecule has 1 heterocycles. The second-order valence-electron chi connectivity index (χ2n) is 5.01. The maximum absolute atomic E-state index is 12.2. The van der Waals surface area contributed by atoms with Crippen molar-refractivity contribution in [2.45, 2.75) is 32.2 Å². The minimum Gasteiger partial charge on any atom is -0.396 e. The molecule has 1 unspecified atom stereocenters. The highest BCUT2D eigenvalue weighted by Gasteiger charge is 2.24. The van der Waals surface area contributed by atoms with E-state index in [1.54, 1.807) is 0 Å². The Bertz CT molecular complexity index is 242. The van der Waals surface area contributed by atoms with Gasteiger partial charge in [-0.3, -0.25) is 9.69 Å². The molecule has 1 amide bonds. The predicted octanol–water partition coefficient (Wildman–Crippen LogP) is -0.0989. The van der Waals surface area contributed by atoms with E-state index in [0.29, 0.717) is 0 Å². The molecule has 0 bridgehead atoms. The number of rotatable bonds is 7. The van der Waals surface area contributed by atoms with Gasteiger partial charge in [0.05, 0.1) is 6.04 Å². The van der Waals surface area contributed by atoms with E-state index in [1.165, 1.54) is 0 Å². The van der Waals surface area contributed by atoms with Gasteiger partial charge in [-0.2, -0.15) is 0 Å². The Kier molecular flexibility index (Phi) is 7.23. The third kappa shape index (κ3) is 4.92. The van der Waals surface area contributed by atoms with Crippen molar-refractivity contribution in [3.05, 3.63) is 0 Å². The molecular formula is C13H27N3O2. The van der Waals surface area contributed by atoms with Crippen molar-refractivity contribution in [3.63, 3.8) is 0 Å². The average Bonchev–Trinajstić information content (AvgIpc) is 2.42. The van der Waals surface area contributed by atoms with Crippen LogP contribution in [0.4, 0.5) is 0 Å². The molecule has 0 radical (unpaired) electrons. The molecule has 5 heteroatoms. The number of amides is 1. The quantitative estimate of drug-likeness (QED) is 0.626. The molecule has 1 aliphatic heterocycles. The highest BCUT2D eigenvalue weighted by molar-refractivity contribution is 5.81. The molecular weight excluding hydrogens is 230 g/mol. The fraction of sp³-hybridized carbons (Fsp3) is 0.923. The molecule has 1 fully saturated rings. The Morgan fingerprint density at radius 3 is 2.61 bits per heavy atom. The lowest BCUT2D eigenvalue weighted by atomic mass is 10.2. The van der Waals surface area contributed by atoms with Gasteiger partial charge in [0.2, 0.25) is 5.91 Å². The van der Waals surface area contributed by atoms with Gasteiger partial charge in [0.25, 0.3) is 0 Å². The zero-order valence-corrected chi connectivity index (χ0v) is 11.7. The average molecular weight is 257 g/mol. The van der Waals surface area contributed by atoms with Crippen LogP contribution in [0.25, 0.3) is 0 Å². The number of nitrogens with one attached hydrogen (secondary N) is 1. The molecule has 0 aromatic carbocycles. The van der Waals surface area contributed by atoms with Crippen molar-refractivity contribution in [3.8, 4) is 0 Å². The number of likely N-dealkylation sites (N-methyl/N-ethyl adjacent to an activating group) is 1. The first-order chi connectivity index (χ1) is 8.66. The second kappa shape index (κ2) is 8.45. The summed E-state index contributed by atoms with van der Waals surface area (Å²) in [6.45, 7) is 6.87. The molecule has 0 aliphatic carbocycles. The minimum absolute atomic E-state index is 0.0186. The van der Waals surface area contributed by atoms with E-state index < -0.39 is 0 Å². The van der Waals surface area contributed by atoms with Gasteiger partial charge in [0.1, 0.15) is 0 Å². The number of carbonyl (C=O) groups excluding carboxylic acids is 1. The van der Waals surface area contributed by atoms with E-state index in [1.807, 2.05) is 18.9 Å². The fourth-order valence-electron chi connectivity index (χ4n) is 2.29. The summed E-state index contributed by atoms with van der Waals surface area (Å²) in [5, 5.41) is 12.0. The first kappa shape index (κ1) is 15.4. The van der Waals surface area contributed by atoms with Crippen LogP contribution in [-0.2, 0) is 4.79 Å². The normalized spacial score (nSPS) is 18.6. The molecule has 0 aromatic heterocycles. The summed E-state index contributed by atoms with van der Waals surface area (Å²) in [6, 6.07) is -0.0186. The standard InChI is InChI=1S/C13H27N3O2/c1-12(16-9-6-14-7-10-16)13(18)15(2)8-4-3-5-11-17/h12,14,17H,3-11H2,1-2H3. The van der Waals surface area contributed by atoms with E-state index in [0.717, 1.165) is 52.0 Å². The maximum Gasteiger partial charge on any atom is 0.239 e. The van der Waals surface area contributed by atoms with Crippen LogP contribution in [0.2, 0.25) is 0 Å². The number of piperazine rings is 1. The number of aliphatic hydroxyl groups is 1.